The number of benzene rings is 3. The number of hydrogen-bond acceptors (Lipinski definition) is 4. The summed E-state index contributed by atoms with van der Waals surface area (Å²) in [6.07, 6.45) is 0. The van der Waals surface area contributed by atoms with E-state index in [9.17, 15) is 8.42 Å². The fourth-order valence-electron chi connectivity index (χ4n) is 2.66. The van der Waals surface area contributed by atoms with Crippen LogP contribution in [0.1, 0.15) is 0 Å². The van der Waals surface area contributed by atoms with Crippen LogP contribution in [0.4, 0.5) is 0 Å². The van der Waals surface area contributed by atoms with Crippen molar-refractivity contribution < 1.29 is 17.2 Å². The summed E-state index contributed by atoms with van der Waals surface area (Å²) in [4.78, 5) is 2.33. The van der Waals surface area contributed by atoms with Gasteiger partial charge in [-0.15, -0.1) is 0 Å². The van der Waals surface area contributed by atoms with Crippen molar-refractivity contribution in [2.75, 3.05) is 12.4 Å². The second-order valence-electron chi connectivity index (χ2n) is 5.55. The van der Waals surface area contributed by atoms with Gasteiger partial charge in [-0.2, -0.15) is 8.42 Å². The standard InChI is InChI=1S/C20H20O4S2/c21-16-17-25(22,23)24-26(18-10-4-1-5-11-18,19-12-6-2-7-13-19)20-14-8-3-9-15-20/h1-15,21H,16-17H2. The summed E-state index contributed by atoms with van der Waals surface area (Å²) >= 11 is 0. The highest BCUT2D eigenvalue weighted by molar-refractivity contribution is 8.33. The molecule has 3 aromatic carbocycles. The van der Waals surface area contributed by atoms with Crippen molar-refractivity contribution in [3.05, 3.63) is 91.0 Å². The Kier molecular flexibility index (Phi) is 5.78. The van der Waals surface area contributed by atoms with Gasteiger partial charge in [0, 0.05) is 14.7 Å². The van der Waals surface area contributed by atoms with E-state index in [1.54, 1.807) is 0 Å². The van der Waals surface area contributed by atoms with Crippen molar-refractivity contribution in [1.82, 2.24) is 0 Å². The van der Waals surface area contributed by atoms with Crippen LogP contribution >= 0.6 is 10.3 Å². The van der Waals surface area contributed by atoms with Crippen LogP contribution in [0, 0.1) is 0 Å². The molecule has 0 saturated heterocycles. The molecule has 26 heavy (non-hydrogen) atoms. The van der Waals surface area contributed by atoms with Gasteiger partial charge in [-0.05, 0) is 46.7 Å². The molecule has 0 aliphatic heterocycles. The molecule has 1 N–H and O–H groups in total. The van der Waals surface area contributed by atoms with Gasteiger partial charge < -0.3 is 5.11 Å². The van der Waals surface area contributed by atoms with Crippen LogP contribution in [0.5, 0.6) is 0 Å². The summed E-state index contributed by atoms with van der Waals surface area (Å²) < 4.78 is 31.1. The summed E-state index contributed by atoms with van der Waals surface area (Å²) in [5.41, 5.74) is 0. The molecule has 0 bridgehead atoms. The van der Waals surface area contributed by atoms with E-state index in [4.69, 9.17) is 8.74 Å². The molecule has 3 rings (SSSR count). The summed E-state index contributed by atoms with van der Waals surface area (Å²) in [6.45, 7) is -0.490. The smallest absolute Gasteiger partial charge is 0.279 e. The first-order valence-corrected chi connectivity index (χ1v) is 11.3. The molecular formula is C20H20O4S2. The molecule has 6 heteroatoms. The molecule has 0 aliphatic rings. The Balaban J connectivity index is 2.32. The van der Waals surface area contributed by atoms with E-state index in [1.165, 1.54) is 0 Å². The maximum absolute atomic E-state index is 12.6. The van der Waals surface area contributed by atoms with Crippen LogP contribution in [0.3, 0.4) is 0 Å². The number of rotatable bonds is 7. The molecule has 3 aromatic rings. The monoisotopic (exact) mass is 388 g/mol. The predicted octanol–water partition coefficient (Wildman–Crippen LogP) is 4.22. The van der Waals surface area contributed by atoms with Gasteiger partial charge in [0.1, 0.15) is 0 Å². The van der Waals surface area contributed by atoms with Gasteiger partial charge in [0.2, 0.25) is 0 Å². The fraction of sp³-hybridized carbons (Fsp3) is 0.100. The largest absolute Gasteiger partial charge is 0.395 e. The van der Waals surface area contributed by atoms with Crippen molar-refractivity contribution in [3.63, 3.8) is 0 Å². The van der Waals surface area contributed by atoms with Crippen molar-refractivity contribution in [1.29, 1.82) is 0 Å². The van der Waals surface area contributed by atoms with E-state index >= 15 is 0 Å². The molecule has 0 unspecified atom stereocenters. The molecule has 0 atom stereocenters. The molecule has 0 aliphatic carbocycles. The zero-order valence-corrected chi connectivity index (χ0v) is 15.7. The van der Waals surface area contributed by atoms with Gasteiger partial charge in [-0.1, -0.05) is 54.6 Å². The van der Waals surface area contributed by atoms with E-state index < -0.39 is 32.8 Å². The third-order valence-electron chi connectivity index (χ3n) is 3.77. The van der Waals surface area contributed by atoms with Crippen LogP contribution in [0.15, 0.2) is 106 Å². The maximum Gasteiger partial charge on any atom is 0.279 e. The molecule has 0 amide bonds. The van der Waals surface area contributed by atoms with Gasteiger partial charge in [0.25, 0.3) is 10.1 Å². The third kappa shape index (κ3) is 3.83. The molecule has 0 fully saturated rings. The molecule has 136 valence electrons. The number of aliphatic hydroxyl groups is 1. The Hall–Kier alpha value is -2.12. The second-order valence-corrected chi connectivity index (χ2v) is 10.1. The molecule has 0 radical (unpaired) electrons. The first-order valence-electron chi connectivity index (χ1n) is 8.12. The predicted molar refractivity (Wildman–Crippen MR) is 104 cm³/mol. The van der Waals surface area contributed by atoms with Gasteiger partial charge in [-0.25, -0.2) is 3.63 Å². The Labute approximate surface area is 155 Å². The van der Waals surface area contributed by atoms with Crippen LogP contribution in [-0.2, 0) is 13.7 Å². The lowest BCUT2D eigenvalue weighted by molar-refractivity contribution is 0.316. The summed E-state index contributed by atoms with van der Waals surface area (Å²) in [7, 11) is -6.46. The van der Waals surface area contributed by atoms with Gasteiger partial charge >= 0.3 is 0 Å². The quantitative estimate of drug-likeness (QED) is 0.658. The first-order chi connectivity index (χ1) is 12.6. The van der Waals surface area contributed by atoms with E-state index in [0.717, 1.165) is 14.7 Å². The van der Waals surface area contributed by atoms with Crippen molar-refractivity contribution >= 4 is 20.4 Å². The molecular weight excluding hydrogens is 368 g/mol. The Morgan fingerprint density at radius 3 is 1.31 bits per heavy atom. The Morgan fingerprint density at radius 2 is 1.00 bits per heavy atom. The molecule has 0 aromatic heterocycles. The van der Waals surface area contributed by atoms with E-state index in [-0.39, 0.29) is 0 Å². The fourth-order valence-corrected chi connectivity index (χ4v) is 7.78. The minimum Gasteiger partial charge on any atom is -0.395 e. The molecule has 4 nitrogen and oxygen atoms in total. The van der Waals surface area contributed by atoms with Crippen LogP contribution in [0.25, 0.3) is 0 Å². The van der Waals surface area contributed by atoms with E-state index in [2.05, 4.69) is 0 Å². The summed E-state index contributed by atoms with van der Waals surface area (Å²) in [5, 5.41) is 9.16. The van der Waals surface area contributed by atoms with Gasteiger partial charge in [0.15, 0.2) is 0 Å². The van der Waals surface area contributed by atoms with Crippen LogP contribution in [-0.4, -0.2) is 25.9 Å². The lowest BCUT2D eigenvalue weighted by Gasteiger charge is -2.39. The molecule has 0 heterocycles. The lowest BCUT2D eigenvalue weighted by Crippen LogP contribution is -2.18. The lowest BCUT2D eigenvalue weighted by atomic mass is 10.4. The van der Waals surface area contributed by atoms with Crippen molar-refractivity contribution in [2.45, 2.75) is 14.7 Å². The number of aliphatic hydroxyl groups excluding tert-OH is 1. The zero-order valence-electron chi connectivity index (χ0n) is 14.1. The van der Waals surface area contributed by atoms with E-state index in [1.807, 2.05) is 91.0 Å². The highest BCUT2D eigenvalue weighted by atomic mass is 32.3. The summed E-state index contributed by atoms with van der Waals surface area (Å²) in [6, 6.07) is 28.1. The van der Waals surface area contributed by atoms with Crippen LogP contribution in [0.2, 0.25) is 0 Å². The third-order valence-corrected chi connectivity index (χ3v) is 8.91. The zero-order chi connectivity index (χ0) is 18.5. The Bertz CT molecular complexity index is 831. The molecule has 0 saturated carbocycles. The minimum absolute atomic E-state index is 0.450. The summed E-state index contributed by atoms with van der Waals surface area (Å²) in [5.74, 6) is -0.450. The average molecular weight is 389 g/mol. The molecule has 0 spiro atoms. The highest BCUT2D eigenvalue weighted by Crippen LogP contribution is 2.69. The second kappa shape index (κ2) is 8.05. The van der Waals surface area contributed by atoms with Crippen molar-refractivity contribution in [3.8, 4) is 0 Å². The van der Waals surface area contributed by atoms with Gasteiger partial charge in [0.05, 0.1) is 12.4 Å². The van der Waals surface area contributed by atoms with Crippen molar-refractivity contribution in [2.24, 2.45) is 0 Å². The van der Waals surface area contributed by atoms with Gasteiger partial charge in [-0.3, -0.25) is 0 Å². The van der Waals surface area contributed by atoms with E-state index in [0.29, 0.717) is 0 Å². The SMILES string of the molecule is O=S(=O)(CCO)OS(c1ccccc1)(c1ccccc1)c1ccccc1. The Morgan fingerprint density at radius 1 is 0.654 bits per heavy atom. The maximum atomic E-state index is 12.6. The number of hydrogen-bond donors (Lipinski definition) is 1. The van der Waals surface area contributed by atoms with Crippen LogP contribution < -0.4 is 0 Å². The average Bonchev–Trinajstić information content (AvgIpc) is 2.68. The highest BCUT2D eigenvalue weighted by Gasteiger charge is 2.37. The topological polar surface area (TPSA) is 63.6 Å². The minimum atomic E-state index is -3.95. The normalized spacial score (nSPS) is 12.7. The first kappa shape index (κ1) is 18.7.